The van der Waals surface area contributed by atoms with Gasteiger partial charge in [0.1, 0.15) is 5.69 Å². The van der Waals surface area contributed by atoms with E-state index in [0.717, 1.165) is 0 Å². The number of H-pyrrole nitrogens is 1. The number of rotatable bonds is 5. The monoisotopic (exact) mass is 425 g/mol. The fraction of sp³-hybridized carbons (Fsp3) is 0.174. The van der Waals surface area contributed by atoms with Gasteiger partial charge in [0, 0.05) is 33.8 Å². The van der Waals surface area contributed by atoms with Crippen molar-refractivity contribution < 1.29 is 17.7 Å². The van der Waals surface area contributed by atoms with Gasteiger partial charge in [0.15, 0.2) is 0 Å². The fourth-order valence-electron chi connectivity index (χ4n) is 3.60. The largest absolute Gasteiger partial charge is 0.355 e. The van der Waals surface area contributed by atoms with Crippen LogP contribution in [0.15, 0.2) is 65.7 Å². The van der Waals surface area contributed by atoms with Gasteiger partial charge in [-0.2, -0.15) is 5.10 Å². The fourth-order valence-corrected chi connectivity index (χ4v) is 3.60. The number of carbonyl (C=O) groups excluding carboxylic acids is 1. The molecule has 0 fully saturated rings. The molecule has 4 rings (SSSR count). The van der Waals surface area contributed by atoms with Crippen LogP contribution < -0.4 is 10.9 Å². The van der Waals surface area contributed by atoms with Crippen LogP contribution in [0.2, 0.25) is 0 Å². The Bertz CT molecular complexity index is 1430. The molecule has 1 atom stereocenters. The van der Waals surface area contributed by atoms with Gasteiger partial charge in [0.2, 0.25) is 0 Å². The lowest BCUT2D eigenvalue weighted by Gasteiger charge is -2.17. The van der Waals surface area contributed by atoms with Gasteiger partial charge >= 0.3 is 0 Å². The first-order valence-corrected chi connectivity index (χ1v) is 9.44. The summed E-state index contributed by atoms with van der Waals surface area (Å²) >= 11 is 0. The van der Waals surface area contributed by atoms with Gasteiger partial charge in [0.25, 0.3) is 17.9 Å². The lowest BCUT2D eigenvalue weighted by Crippen LogP contribution is -2.24. The molecule has 1 unspecified atom stereocenters. The zero-order valence-corrected chi connectivity index (χ0v) is 16.4. The summed E-state index contributed by atoms with van der Waals surface area (Å²) in [6, 6.07) is 12.5. The van der Waals surface area contributed by atoms with Gasteiger partial charge in [-0.3, -0.25) is 14.7 Å². The molecule has 0 saturated carbocycles. The number of pyridine rings is 1. The minimum absolute atomic E-state index is 0.161. The van der Waals surface area contributed by atoms with Crippen LogP contribution in [0.3, 0.4) is 0 Å². The smallest absolute Gasteiger partial charge is 0.280 e. The van der Waals surface area contributed by atoms with Crippen LogP contribution in [0.25, 0.3) is 21.9 Å². The number of aromatic amines is 1. The third-order valence-electron chi connectivity index (χ3n) is 5.29. The Morgan fingerprint density at radius 2 is 2.06 bits per heavy atom. The topological polar surface area (TPSA) is 79.8 Å². The summed E-state index contributed by atoms with van der Waals surface area (Å²) in [5.41, 5.74) is 0.986. The van der Waals surface area contributed by atoms with Crippen LogP contribution in [0.5, 0.6) is 0 Å². The maximum Gasteiger partial charge on any atom is 0.280 e. The van der Waals surface area contributed by atoms with Gasteiger partial charge in [-0.1, -0.05) is 18.2 Å². The van der Waals surface area contributed by atoms with Crippen molar-refractivity contribution in [2.45, 2.75) is 19.4 Å². The van der Waals surface area contributed by atoms with Crippen molar-refractivity contribution in [3.63, 3.8) is 0 Å². The van der Waals surface area contributed by atoms with E-state index in [9.17, 15) is 18.4 Å². The normalized spacial score (nSPS) is 14.1. The molecule has 4 aromatic rings. The molecule has 0 aliphatic rings. The molecule has 0 aliphatic heterocycles. The maximum absolute atomic E-state index is 13.2. The van der Waals surface area contributed by atoms with Gasteiger partial charge in [-0.25, -0.2) is 8.78 Å². The molecule has 8 heteroatoms. The second-order valence-corrected chi connectivity index (χ2v) is 7.08. The van der Waals surface area contributed by atoms with Crippen LogP contribution >= 0.6 is 0 Å². The summed E-state index contributed by atoms with van der Waals surface area (Å²) in [5, 5.41) is 8.93. The molecular formula is C23H20F2N4O2. The minimum atomic E-state index is -2.71. The third kappa shape index (κ3) is 3.72. The average Bonchev–Trinajstić information content (AvgIpc) is 3.28. The number of nitrogens with zero attached hydrogens (tertiary/aromatic N) is 2. The van der Waals surface area contributed by atoms with Crippen molar-refractivity contribution in [1.29, 1.82) is 0 Å². The number of hydrogen-bond acceptors (Lipinski definition) is 3. The molecule has 158 valence electrons. The molecule has 2 aromatic heterocycles. The minimum Gasteiger partial charge on any atom is -0.355 e. The SMILES string of the molecule is [2H]C([2H])([2H])NC(=O)c1cccc(C(C)n2ccc3cc(-c4cn[nH]c4C(F)F)ccc3c2=O)c1. The Kier molecular flexibility index (Phi) is 4.44. The molecule has 0 saturated heterocycles. The van der Waals surface area contributed by atoms with E-state index in [0.29, 0.717) is 21.9 Å². The highest BCUT2D eigenvalue weighted by atomic mass is 19.3. The first kappa shape index (κ1) is 16.9. The number of nitrogens with one attached hydrogen (secondary N) is 2. The number of halogens is 2. The quantitative estimate of drug-likeness (QED) is 0.500. The van der Waals surface area contributed by atoms with Crippen molar-refractivity contribution >= 4 is 16.7 Å². The predicted molar refractivity (Wildman–Crippen MR) is 114 cm³/mol. The predicted octanol–water partition coefficient (Wildman–Crippen LogP) is 4.30. The first-order valence-electron chi connectivity index (χ1n) is 10.9. The molecule has 2 N–H and O–H groups in total. The van der Waals surface area contributed by atoms with Gasteiger partial charge in [0.05, 0.1) is 12.2 Å². The first-order chi connectivity index (χ1) is 16.0. The number of benzene rings is 2. The van der Waals surface area contributed by atoms with Crippen molar-refractivity contribution in [2.75, 3.05) is 6.98 Å². The van der Waals surface area contributed by atoms with Gasteiger partial charge in [-0.15, -0.1) is 0 Å². The lowest BCUT2D eigenvalue weighted by atomic mass is 10.0. The van der Waals surface area contributed by atoms with Crippen molar-refractivity contribution in [1.82, 2.24) is 20.1 Å². The zero-order chi connectivity index (χ0) is 24.6. The van der Waals surface area contributed by atoms with Crippen molar-refractivity contribution in [2.24, 2.45) is 0 Å². The van der Waals surface area contributed by atoms with Crippen LogP contribution in [0.1, 0.15) is 45.1 Å². The zero-order valence-electron chi connectivity index (χ0n) is 19.4. The van der Waals surface area contributed by atoms with Crippen LogP contribution in [-0.2, 0) is 0 Å². The number of amides is 1. The van der Waals surface area contributed by atoms with E-state index in [1.807, 2.05) is 5.32 Å². The number of alkyl halides is 2. The Morgan fingerprint density at radius 1 is 1.23 bits per heavy atom. The maximum atomic E-state index is 13.2. The van der Waals surface area contributed by atoms with E-state index < -0.39 is 25.4 Å². The number of aromatic nitrogens is 3. The molecule has 6 nitrogen and oxygen atoms in total. The molecule has 31 heavy (non-hydrogen) atoms. The average molecular weight is 425 g/mol. The number of carbonyl (C=O) groups is 1. The van der Waals surface area contributed by atoms with E-state index in [-0.39, 0.29) is 22.4 Å². The van der Waals surface area contributed by atoms with Gasteiger partial charge in [-0.05, 0) is 53.8 Å². The Labute approximate surface area is 180 Å². The summed E-state index contributed by atoms with van der Waals surface area (Å²) in [5.74, 6) is -0.741. The van der Waals surface area contributed by atoms with E-state index in [2.05, 4.69) is 10.2 Å². The van der Waals surface area contributed by atoms with E-state index in [1.165, 1.54) is 22.9 Å². The standard InChI is InChI=1S/C23H20F2N4O2/c1-13(14-4-3-5-17(10-14)22(30)26-2)29-9-8-16-11-15(6-7-18(16)23(29)31)19-12-27-28-20(19)21(24)25/h3-13,21H,1-2H3,(H,26,30)(H,27,28)/i2D3. The van der Waals surface area contributed by atoms with E-state index in [4.69, 9.17) is 4.11 Å². The van der Waals surface area contributed by atoms with Gasteiger partial charge < -0.3 is 9.88 Å². The van der Waals surface area contributed by atoms with Crippen molar-refractivity contribution in [3.05, 3.63) is 88.1 Å². The second kappa shape index (κ2) is 8.14. The highest BCUT2D eigenvalue weighted by Gasteiger charge is 2.18. The Balaban J connectivity index is 1.68. The Morgan fingerprint density at radius 3 is 2.84 bits per heavy atom. The lowest BCUT2D eigenvalue weighted by molar-refractivity contribution is 0.0963. The summed E-state index contributed by atoms with van der Waals surface area (Å²) < 4.78 is 49.5. The van der Waals surface area contributed by atoms with Crippen LogP contribution in [0, 0.1) is 0 Å². The number of hydrogen-bond donors (Lipinski definition) is 2. The van der Waals surface area contributed by atoms with Crippen LogP contribution in [-0.4, -0.2) is 27.6 Å². The Hall–Kier alpha value is -3.81. The molecule has 0 bridgehead atoms. The molecule has 2 aromatic carbocycles. The molecule has 0 spiro atoms. The van der Waals surface area contributed by atoms with Crippen LogP contribution in [0.4, 0.5) is 8.78 Å². The highest BCUT2D eigenvalue weighted by Crippen LogP contribution is 2.30. The summed E-state index contributed by atoms with van der Waals surface area (Å²) in [7, 11) is 0. The third-order valence-corrected chi connectivity index (χ3v) is 5.29. The molecule has 1 amide bonds. The molecule has 0 aliphatic carbocycles. The summed E-state index contributed by atoms with van der Waals surface area (Å²) in [6.07, 6.45) is 0.207. The van der Waals surface area contributed by atoms with Crippen molar-refractivity contribution in [3.8, 4) is 11.1 Å². The van der Waals surface area contributed by atoms with E-state index in [1.54, 1.807) is 49.5 Å². The highest BCUT2D eigenvalue weighted by molar-refractivity contribution is 5.94. The second-order valence-electron chi connectivity index (χ2n) is 7.08. The number of fused-ring (bicyclic) bond motifs is 1. The summed E-state index contributed by atoms with van der Waals surface area (Å²) in [6.45, 7) is -0.831. The molecule has 0 radical (unpaired) electrons. The van der Waals surface area contributed by atoms with E-state index >= 15 is 0 Å². The molecular weight excluding hydrogens is 402 g/mol. The molecule has 2 heterocycles. The summed E-state index contributed by atoms with van der Waals surface area (Å²) in [4.78, 5) is 25.4.